The van der Waals surface area contributed by atoms with Gasteiger partial charge in [-0.2, -0.15) is 5.26 Å². The molecular weight excluding hydrogens is 290 g/mol. The van der Waals surface area contributed by atoms with Crippen molar-refractivity contribution in [3.63, 3.8) is 0 Å². The van der Waals surface area contributed by atoms with Gasteiger partial charge in [0.25, 0.3) is 5.91 Å². The van der Waals surface area contributed by atoms with Gasteiger partial charge in [-0.25, -0.2) is 10.8 Å². The van der Waals surface area contributed by atoms with E-state index in [1.54, 1.807) is 37.4 Å². The van der Waals surface area contributed by atoms with Crippen LogP contribution in [0.1, 0.15) is 16.1 Å². The number of rotatable bonds is 3. The number of para-hydroxylation sites is 1. The molecule has 0 unspecified atom stereocenters. The SMILES string of the molecule is CN(C(=O)c1nc(NN)ccc1Cl)c1ccccc1C#N. The molecule has 3 N–H and O–H groups in total. The Balaban J connectivity index is 2.42. The third-order valence-corrected chi connectivity index (χ3v) is 3.19. The van der Waals surface area contributed by atoms with Crippen molar-refractivity contribution in [2.75, 3.05) is 17.4 Å². The van der Waals surface area contributed by atoms with E-state index in [-0.39, 0.29) is 10.7 Å². The zero-order valence-electron chi connectivity index (χ0n) is 11.2. The van der Waals surface area contributed by atoms with Crippen LogP contribution in [0.15, 0.2) is 36.4 Å². The van der Waals surface area contributed by atoms with Crippen LogP contribution in [-0.2, 0) is 0 Å². The number of nitrogens with two attached hydrogens (primary N) is 1. The lowest BCUT2D eigenvalue weighted by Gasteiger charge is -2.18. The van der Waals surface area contributed by atoms with E-state index in [1.165, 1.54) is 11.0 Å². The average Bonchev–Trinajstić information content (AvgIpc) is 2.54. The smallest absolute Gasteiger partial charge is 0.278 e. The third-order valence-electron chi connectivity index (χ3n) is 2.89. The number of nitrogen functional groups attached to an aromatic ring is 1. The molecule has 1 aromatic carbocycles. The van der Waals surface area contributed by atoms with Gasteiger partial charge in [-0.3, -0.25) is 4.79 Å². The summed E-state index contributed by atoms with van der Waals surface area (Å²) in [6.07, 6.45) is 0. The molecule has 1 amide bonds. The number of carbonyl (C=O) groups is 1. The van der Waals surface area contributed by atoms with Crippen LogP contribution in [0.5, 0.6) is 0 Å². The number of nitriles is 1. The molecule has 2 aromatic rings. The van der Waals surface area contributed by atoms with E-state index >= 15 is 0 Å². The highest BCUT2D eigenvalue weighted by Crippen LogP contribution is 2.23. The highest BCUT2D eigenvalue weighted by molar-refractivity contribution is 6.34. The second-order valence-electron chi connectivity index (χ2n) is 4.16. The van der Waals surface area contributed by atoms with Gasteiger partial charge in [-0.05, 0) is 24.3 Å². The number of nitrogens with zero attached hydrogens (tertiary/aromatic N) is 3. The lowest BCUT2D eigenvalue weighted by atomic mass is 10.1. The molecule has 0 aliphatic rings. The summed E-state index contributed by atoms with van der Waals surface area (Å²) >= 11 is 6.01. The van der Waals surface area contributed by atoms with Gasteiger partial charge < -0.3 is 10.3 Å². The first-order chi connectivity index (χ1) is 10.1. The van der Waals surface area contributed by atoms with Crippen molar-refractivity contribution in [2.24, 2.45) is 5.84 Å². The van der Waals surface area contributed by atoms with Gasteiger partial charge in [0, 0.05) is 7.05 Å². The molecule has 0 atom stereocenters. The quantitative estimate of drug-likeness (QED) is 0.669. The van der Waals surface area contributed by atoms with Crippen molar-refractivity contribution in [3.8, 4) is 6.07 Å². The van der Waals surface area contributed by atoms with Gasteiger partial charge in [0.05, 0.1) is 16.3 Å². The number of pyridine rings is 1. The minimum Gasteiger partial charge on any atom is -0.309 e. The van der Waals surface area contributed by atoms with E-state index in [0.717, 1.165) is 0 Å². The second-order valence-corrected chi connectivity index (χ2v) is 4.57. The van der Waals surface area contributed by atoms with E-state index in [0.29, 0.717) is 17.1 Å². The Morgan fingerprint density at radius 2 is 2.10 bits per heavy atom. The van der Waals surface area contributed by atoms with Crippen LogP contribution in [-0.4, -0.2) is 17.9 Å². The Hall–Kier alpha value is -2.62. The van der Waals surface area contributed by atoms with Crippen molar-refractivity contribution in [1.82, 2.24) is 4.98 Å². The molecule has 6 nitrogen and oxygen atoms in total. The Kier molecular flexibility index (Phi) is 4.38. The fraction of sp³-hybridized carbons (Fsp3) is 0.0714. The van der Waals surface area contributed by atoms with Gasteiger partial charge in [-0.1, -0.05) is 23.7 Å². The summed E-state index contributed by atoms with van der Waals surface area (Å²) in [5.41, 5.74) is 3.28. The number of hydrazine groups is 1. The first-order valence-electron chi connectivity index (χ1n) is 5.99. The first kappa shape index (κ1) is 14.8. The van der Waals surface area contributed by atoms with Crippen molar-refractivity contribution in [2.45, 2.75) is 0 Å². The normalized spacial score (nSPS) is 9.81. The molecule has 106 valence electrons. The van der Waals surface area contributed by atoms with Crippen LogP contribution in [0.4, 0.5) is 11.5 Å². The van der Waals surface area contributed by atoms with Gasteiger partial charge in [-0.15, -0.1) is 0 Å². The van der Waals surface area contributed by atoms with E-state index in [2.05, 4.69) is 10.4 Å². The molecular formula is C14H12ClN5O. The highest BCUT2D eigenvalue weighted by Gasteiger charge is 2.20. The summed E-state index contributed by atoms with van der Waals surface area (Å²) in [6, 6.07) is 11.9. The maximum absolute atomic E-state index is 12.5. The Labute approximate surface area is 126 Å². The summed E-state index contributed by atoms with van der Waals surface area (Å²) in [5.74, 6) is 5.17. The third kappa shape index (κ3) is 2.94. The molecule has 0 spiro atoms. The molecule has 2 rings (SSSR count). The van der Waals surface area contributed by atoms with E-state index in [4.69, 9.17) is 22.7 Å². The fourth-order valence-electron chi connectivity index (χ4n) is 1.80. The number of halogens is 1. The number of amides is 1. The molecule has 1 heterocycles. The van der Waals surface area contributed by atoms with Crippen LogP contribution >= 0.6 is 11.6 Å². The Bertz CT molecular complexity index is 726. The van der Waals surface area contributed by atoms with Crippen LogP contribution in [0.2, 0.25) is 5.02 Å². The monoisotopic (exact) mass is 301 g/mol. The second kappa shape index (κ2) is 6.22. The van der Waals surface area contributed by atoms with Crippen LogP contribution in [0.25, 0.3) is 0 Å². The largest absolute Gasteiger partial charge is 0.309 e. The predicted octanol–water partition coefficient (Wildman–Crippen LogP) is 2.17. The fourth-order valence-corrected chi connectivity index (χ4v) is 1.99. The standard InChI is InChI=1S/C14H12ClN5O/c1-20(11-5-3-2-4-9(11)8-16)14(21)13-10(15)6-7-12(18-13)19-17/h2-7H,17H2,1H3,(H,18,19). The van der Waals surface area contributed by atoms with Gasteiger partial charge >= 0.3 is 0 Å². The summed E-state index contributed by atoms with van der Waals surface area (Å²) in [5, 5.41) is 9.31. The molecule has 21 heavy (non-hydrogen) atoms. The van der Waals surface area contributed by atoms with Crippen molar-refractivity contribution in [1.29, 1.82) is 5.26 Å². The molecule has 7 heteroatoms. The minimum atomic E-state index is -0.431. The highest BCUT2D eigenvalue weighted by atomic mass is 35.5. The van der Waals surface area contributed by atoms with E-state index in [1.807, 2.05) is 6.07 Å². The van der Waals surface area contributed by atoms with Crippen molar-refractivity contribution < 1.29 is 4.79 Å². The number of aromatic nitrogens is 1. The van der Waals surface area contributed by atoms with Crippen LogP contribution < -0.4 is 16.2 Å². The molecule has 0 bridgehead atoms. The van der Waals surface area contributed by atoms with Crippen LogP contribution in [0.3, 0.4) is 0 Å². The number of nitrogens with one attached hydrogen (secondary N) is 1. The first-order valence-corrected chi connectivity index (χ1v) is 6.36. The average molecular weight is 302 g/mol. The molecule has 0 saturated heterocycles. The van der Waals surface area contributed by atoms with Gasteiger partial charge in [0.15, 0.2) is 0 Å². The van der Waals surface area contributed by atoms with E-state index in [9.17, 15) is 4.79 Å². The van der Waals surface area contributed by atoms with Crippen molar-refractivity contribution in [3.05, 3.63) is 52.7 Å². The number of hydrogen-bond donors (Lipinski definition) is 2. The maximum atomic E-state index is 12.5. The number of hydrogen-bond acceptors (Lipinski definition) is 5. The Morgan fingerprint density at radius 3 is 2.76 bits per heavy atom. The van der Waals surface area contributed by atoms with Crippen molar-refractivity contribution >= 4 is 29.0 Å². The summed E-state index contributed by atoms with van der Waals surface area (Å²) in [6.45, 7) is 0. The zero-order chi connectivity index (χ0) is 15.4. The molecule has 0 aliphatic carbocycles. The summed E-state index contributed by atoms with van der Waals surface area (Å²) in [4.78, 5) is 17.9. The summed E-state index contributed by atoms with van der Waals surface area (Å²) < 4.78 is 0. The lowest BCUT2D eigenvalue weighted by molar-refractivity contribution is 0.0988. The predicted molar refractivity (Wildman–Crippen MR) is 80.9 cm³/mol. The van der Waals surface area contributed by atoms with E-state index < -0.39 is 5.91 Å². The summed E-state index contributed by atoms with van der Waals surface area (Å²) in [7, 11) is 1.55. The maximum Gasteiger partial charge on any atom is 0.278 e. The zero-order valence-corrected chi connectivity index (χ0v) is 11.9. The lowest BCUT2D eigenvalue weighted by Crippen LogP contribution is -2.28. The molecule has 0 aliphatic heterocycles. The molecule has 0 radical (unpaired) electrons. The Morgan fingerprint density at radius 1 is 1.38 bits per heavy atom. The van der Waals surface area contributed by atoms with Gasteiger partial charge in [0.2, 0.25) is 0 Å². The number of carbonyl (C=O) groups excluding carboxylic acids is 1. The van der Waals surface area contributed by atoms with Crippen LogP contribution in [0, 0.1) is 11.3 Å². The number of benzene rings is 1. The molecule has 0 saturated carbocycles. The topological polar surface area (TPSA) is 95.0 Å². The molecule has 0 fully saturated rings. The molecule has 1 aromatic heterocycles. The van der Waals surface area contributed by atoms with Gasteiger partial charge in [0.1, 0.15) is 17.6 Å². The number of anilines is 2. The minimum absolute atomic E-state index is 0.0577.